The van der Waals surface area contributed by atoms with Crippen molar-refractivity contribution in [2.45, 2.75) is 37.8 Å². The molecule has 1 fully saturated rings. The first kappa shape index (κ1) is 11.9. The first-order valence-corrected chi connectivity index (χ1v) is 6.76. The van der Waals surface area contributed by atoms with Crippen molar-refractivity contribution in [1.29, 1.82) is 0 Å². The van der Waals surface area contributed by atoms with Gasteiger partial charge in [-0.25, -0.2) is 0 Å². The molecule has 0 N–H and O–H groups in total. The summed E-state index contributed by atoms with van der Waals surface area (Å²) in [5.41, 5.74) is 0. The predicted octanol–water partition coefficient (Wildman–Crippen LogP) is 0.835. The van der Waals surface area contributed by atoms with Crippen molar-refractivity contribution in [3.8, 4) is 0 Å². The molecule has 4 nitrogen and oxygen atoms in total. The summed E-state index contributed by atoms with van der Waals surface area (Å²) in [6.45, 7) is 0. The molecule has 0 aromatic carbocycles. The molecule has 14 heavy (non-hydrogen) atoms. The predicted molar refractivity (Wildman–Crippen MR) is 55.7 cm³/mol. The Balaban J connectivity index is 2.63. The van der Waals surface area contributed by atoms with Crippen molar-refractivity contribution in [1.82, 2.24) is 4.90 Å². The molecule has 1 aliphatic rings. The zero-order valence-electron chi connectivity index (χ0n) is 9.06. The summed E-state index contributed by atoms with van der Waals surface area (Å²) < 4.78 is 27.1. The van der Waals surface area contributed by atoms with Crippen LogP contribution in [0.1, 0.15) is 25.7 Å². The highest BCUT2D eigenvalue weighted by molar-refractivity contribution is 7.86. The highest BCUT2D eigenvalue weighted by Crippen LogP contribution is 2.25. The molecule has 0 radical (unpaired) electrons. The van der Waals surface area contributed by atoms with Crippen molar-refractivity contribution in [3.05, 3.63) is 0 Å². The molecule has 84 valence electrons. The molecule has 0 aromatic heterocycles. The zero-order valence-corrected chi connectivity index (χ0v) is 9.88. The van der Waals surface area contributed by atoms with Gasteiger partial charge in [-0.3, -0.25) is 4.18 Å². The quantitative estimate of drug-likeness (QED) is 0.662. The Hall–Kier alpha value is -0.130. The van der Waals surface area contributed by atoms with E-state index in [1.807, 2.05) is 14.1 Å². The summed E-state index contributed by atoms with van der Waals surface area (Å²) in [5.74, 6) is 0. The monoisotopic (exact) mass is 221 g/mol. The second-order valence-corrected chi connectivity index (χ2v) is 5.75. The Morgan fingerprint density at radius 2 is 1.79 bits per heavy atom. The summed E-state index contributed by atoms with van der Waals surface area (Å²) in [7, 11) is 0.617. The molecule has 0 bridgehead atoms. The van der Waals surface area contributed by atoms with Gasteiger partial charge in [0.2, 0.25) is 0 Å². The highest BCUT2D eigenvalue weighted by atomic mass is 32.2. The Morgan fingerprint density at radius 3 is 2.29 bits per heavy atom. The fraction of sp³-hybridized carbons (Fsp3) is 1.00. The van der Waals surface area contributed by atoms with Crippen LogP contribution in [-0.4, -0.2) is 45.8 Å². The van der Waals surface area contributed by atoms with Gasteiger partial charge in [-0.05, 0) is 26.9 Å². The summed E-state index contributed by atoms with van der Waals surface area (Å²) in [6.07, 6.45) is 5.04. The molecule has 1 saturated carbocycles. The van der Waals surface area contributed by atoms with Crippen LogP contribution in [-0.2, 0) is 14.3 Å². The maximum Gasteiger partial charge on any atom is 0.264 e. The standard InChI is InChI=1S/C9H19NO3S/c1-10(2)8-6-4-5-7-9(8)13-14(3,11)12/h8-9H,4-7H2,1-3H3. The average Bonchev–Trinajstić information content (AvgIpc) is 2.01. The van der Waals surface area contributed by atoms with Crippen molar-refractivity contribution >= 4 is 10.1 Å². The lowest BCUT2D eigenvalue weighted by Gasteiger charge is -2.34. The average molecular weight is 221 g/mol. The number of likely N-dealkylation sites (N-methyl/N-ethyl adjacent to an activating group) is 1. The summed E-state index contributed by atoms with van der Waals surface area (Å²) >= 11 is 0. The molecule has 2 unspecified atom stereocenters. The van der Waals surface area contributed by atoms with Crippen molar-refractivity contribution in [2.24, 2.45) is 0 Å². The first-order chi connectivity index (χ1) is 6.40. The van der Waals surface area contributed by atoms with Crippen LogP contribution >= 0.6 is 0 Å². The van der Waals surface area contributed by atoms with E-state index in [2.05, 4.69) is 4.90 Å². The second kappa shape index (κ2) is 4.59. The second-order valence-electron chi connectivity index (χ2n) is 4.15. The molecular weight excluding hydrogens is 202 g/mol. The third kappa shape index (κ3) is 3.55. The van der Waals surface area contributed by atoms with Crippen LogP contribution in [0.4, 0.5) is 0 Å². The largest absolute Gasteiger partial charge is 0.304 e. The van der Waals surface area contributed by atoms with E-state index in [4.69, 9.17) is 4.18 Å². The Kier molecular flexibility index (Phi) is 3.92. The molecule has 2 atom stereocenters. The number of hydrogen-bond acceptors (Lipinski definition) is 4. The fourth-order valence-electron chi connectivity index (χ4n) is 2.00. The van der Waals surface area contributed by atoms with Crippen molar-refractivity contribution in [3.63, 3.8) is 0 Å². The third-order valence-electron chi connectivity index (χ3n) is 2.63. The van der Waals surface area contributed by atoms with Gasteiger partial charge >= 0.3 is 0 Å². The smallest absolute Gasteiger partial charge is 0.264 e. The Morgan fingerprint density at radius 1 is 1.21 bits per heavy atom. The normalized spacial score (nSPS) is 29.4. The van der Waals surface area contributed by atoms with Crippen LogP contribution in [0.2, 0.25) is 0 Å². The molecule has 1 rings (SSSR count). The van der Waals surface area contributed by atoms with Gasteiger partial charge in [0.15, 0.2) is 0 Å². The molecule has 1 aliphatic carbocycles. The van der Waals surface area contributed by atoms with E-state index in [-0.39, 0.29) is 12.1 Å². The topological polar surface area (TPSA) is 46.6 Å². The fourth-order valence-corrected chi connectivity index (χ4v) is 2.68. The first-order valence-electron chi connectivity index (χ1n) is 4.95. The van der Waals surface area contributed by atoms with Gasteiger partial charge in [-0.2, -0.15) is 8.42 Å². The lowest BCUT2D eigenvalue weighted by molar-refractivity contribution is 0.0680. The minimum Gasteiger partial charge on any atom is -0.304 e. The van der Waals surface area contributed by atoms with E-state index in [1.165, 1.54) is 0 Å². The van der Waals surface area contributed by atoms with E-state index in [0.717, 1.165) is 31.9 Å². The van der Waals surface area contributed by atoms with Crippen LogP contribution in [0.15, 0.2) is 0 Å². The molecule has 0 amide bonds. The van der Waals surface area contributed by atoms with Gasteiger partial charge < -0.3 is 4.90 Å². The minimum absolute atomic E-state index is 0.159. The summed E-state index contributed by atoms with van der Waals surface area (Å²) in [6, 6.07) is 0.235. The molecule has 0 heterocycles. The maximum absolute atomic E-state index is 11.0. The van der Waals surface area contributed by atoms with Crippen LogP contribution in [0, 0.1) is 0 Å². The van der Waals surface area contributed by atoms with Crippen LogP contribution in [0.5, 0.6) is 0 Å². The third-order valence-corrected chi connectivity index (χ3v) is 3.23. The molecule has 5 heteroatoms. The lowest BCUT2D eigenvalue weighted by Crippen LogP contribution is -2.43. The number of hydrogen-bond donors (Lipinski definition) is 0. The van der Waals surface area contributed by atoms with Crippen LogP contribution in [0.3, 0.4) is 0 Å². The van der Waals surface area contributed by atoms with E-state index in [9.17, 15) is 8.42 Å². The molecule has 0 aliphatic heterocycles. The summed E-state index contributed by atoms with van der Waals surface area (Å²) in [4.78, 5) is 2.05. The summed E-state index contributed by atoms with van der Waals surface area (Å²) in [5, 5.41) is 0. The minimum atomic E-state index is -3.32. The lowest BCUT2D eigenvalue weighted by atomic mass is 9.92. The molecule has 0 aromatic rings. The van der Waals surface area contributed by atoms with Gasteiger partial charge in [-0.1, -0.05) is 12.8 Å². The van der Waals surface area contributed by atoms with Gasteiger partial charge in [0.05, 0.1) is 12.4 Å². The van der Waals surface area contributed by atoms with Gasteiger partial charge in [0.1, 0.15) is 0 Å². The van der Waals surface area contributed by atoms with E-state index < -0.39 is 10.1 Å². The molecular formula is C9H19NO3S. The Bertz CT molecular complexity index is 274. The van der Waals surface area contributed by atoms with Crippen molar-refractivity contribution < 1.29 is 12.6 Å². The zero-order chi connectivity index (χ0) is 10.8. The van der Waals surface area contributed by atoms with Gasteiger partial charge in [0, 0.05) is 6.04 Å². The van der Waals surface area contributed by atoms with E-state index in [1.54, 1.807) is 0 Å². The number of rotatable bonds is 3. The van der Waals surface area contributed by atoms with E-state index in [0.29, 0.717) is 0 Å². The van der Waals surface area contributed by atoms with Crippen molar-refractivity contribution in [2.75, 3.05) is 20.4 Å². The van der Waals surface area contributed by atoms with Crippen LogP contribution < -0.4 is 0 Å². The van der Waals surface area contributed by atoms with Gasteiger partial charge in [0.25, 0.3) is 10.1 Å². The van der Waals surface area contributed by atoms with E-state index >= 15 is 0 Å². The molecule has 0 spiro atoms. The number of nitrogens with zero attached hydrogens (tertiary/aromatic N) is 1. The van der Waals surface area contributed by atoms with Crippen LogP contribution in [0.25, 0.3) is 0 Å². The molecule has 0 saturated heterocycles. The highest BCUT2D eigenvalue weighted by Gasteiger charge is 2.29. The SMILES string of the molecule is CN(C)C1CCCCC1OS(C)(=O)=O. The Labute approximate surface area is 86.4 Å². The maximum atomic E-state index is 11.0. The van der Waals surface area contributed by atoms with Gasteiger partial charge in [-0.15, -0.1) is 0 Å².